The average molecular weight is 271 g/mol. The second-order valence-electron chi connectivity index (χ2n) is 4.15. The smallest absolute Gasteiger partial charge is 0.278 e. The highest BCUT2D eigenvalue weighted by Crippen LogP contribution is 2.15. The number of nitrogens with zero attached hydrogens (tertiary/aromatic N) is 3. The van der Waals surface area contributed by atoms with Gasteiger partial charge >= 0.3 is 0 Å². The van der Waals surface area contributed by atoms with E-state index >= 15 is 0 Å². The molecule has 0 saturated carbocycles. The van der Waals surface area contributed by atoms with E-state index in [0.717, 1.165) is 16.5 Å². The number of aromatic nitrogens is 1. The Bertz CT molecular complexity index is 636. The standard InChI is InChI=1S/C14H13N3OS/c15-6-3-7-17(14(18)19)10-11-8-12-4-1-2-5-13(12)16-9-11/h1-2,4-5,8-9H,3,7,10H2,(H,18,19). The molecule has 1 aromatic heterocycles. The van der Waals surface area contributed by atoms with Crippen LogP contribution in [0.5, 0.6) is 0 Å². The molecule has 0 aliphatic carbocycles. The number of fused-ring (bicyclic) bond motifs is 1. The van der Waals surface area contributed by atoms with E-state index in [1.165, 1.54) is 4.90 Å². The zero-order chi connectivity index (χ0) is 13.7. The van der Waals surface area contributed by atoms with Crippen molar-refractivity contribution in [3.8, 4) is 6.07 Å². The van der Waals surface area contributed by atoms with Crippen molar-refractivity contribution in [1.82, 2.24) is 9.88 Å². The zero-order valence-electron chi connectivity index (χ0n) is 10.3. The van der Waals surface area contributed by atoms with Crippen LogP contribution in [0.25, 0.3) is 10.9 Å². The molecule has 1 heterocycles. The Hall–Kier alpha value is -2.06. The molecule has 0 unspecified atom stereocenters. The molecule has 0 aliphatic heterocycles. The van der Waals surface area contributed by atoms with E-state index < -0.39 is 0 Å². The van der Waals surface area contributed by atoms with Gasteiger partial charge in [-0.25, -0.2) is 0 Å². The second-order valence-corrected chi connectivity index (χ2v) is 4.53. The largest absolute Gasteiger partial charge is 0.328 e. The van der Waals surface area contributed by atoms with Crippen molar-refractivity contribution in [2.45, 2.75) is 13.0 Å². The number of carbonyl (C=O) groups excluding carboxylic acids is 1. The first-order valence-corrected chi connectivity index (χ1v) is 6.34. The van der Waals surface area contributed by atoms with E-state index in [9.17, 15) is 4.79 Å². The molecule has 19 heavy (non-hydrogen) atoms. The first kappa shape index (κ1) is 13.4. The highest BCUT2D eigenvalue weighted by atomic mass is 32.1. The van der Waals surface area contributed by atoms with E-state index in [0.29, 0.717) is 19.5 Å². The Morgan fingerprint density at radius 1 is 1.42 bits per heavy atom. The van der Waals surface area contributed by atoms with E-state index in [2.05, 4.69) is 17.6 Å². The van der Waals surface area contributed by atoms with Crippen LogP contribution in [0, 0.1) is 11.3 Å². The van der Waals surface area contributed by atoms with Gasteiger partial charge in [0, 0.05) is 24.7 Å². The Labute approximate surface area is 117 Å². The Morgan fingerprint density at radius 2 is 2.21 bits per heavy atom. The molecule has 1 amide bonds. The van der Waals surface area contributed by atoms with Crippen LogP contribution in [-0.2, 0) is 6.54 Å². The Kier molecular flexibility index (Phi) is 4.37. The summed E-state index contributed by atoms with van der Waals surface area (Å²) in [5, 5.41) is 9.28. The quantitative estimate of drug-likeness (QED) is 0.870. The predicted octanol–water partition coefficient (Wildman–Crippen LogP) is 3.00. The molecule has 2 rings (SSSR count). The van der Waals surface area contributed by atoms with Gasteiger partial charge in [-0.1, -0.05) is 30.8 Å². The molecule has 0 bridgehead atoms. The number of para-hydroxylation sites is 1. The molecule has 0 spiro atoms. The lowest BCUT2D eigenvalue weighted by Gasteiger charge is -2.18. The number of rotatable bonds is 4. The molecule has 0 N–H and O–H groups in total. The summed E-state index contributed by atoms with van der Waals surface area (Å²) in [6.45, 7) is 0.799. The lowest BCUT2D eigenvalue weighted by Crippen LogP contribution is -2.26. The van der Waals surface area contributed by atoms with Crippen molar-refractivity contribution in [2.75, 3.05) is 6.54 Å². The molecule has 0 saturated heterocycles. The van der Waals surface area contributed by atoms with Gasteiger partial charge in [0.1, 0.15) is 0 Å². The summed E-state index contributed by atoms with van der Waals surface area (Å²) in [5.74, 6) is 0. The number of benzene rings is 1. The van der Waals surface area contributed by atoms with Crippen LogP contribution in [-0.4, -0.2) is 21.7 Å². The molecule has 0 aliphatic rings. The fraction of sp³-hybridized carbons (Fsp3) is 0.214. The molecular weight excluding hydrogens is 258 g/mol. The minimum atomic E-state index is -0.330. The predicted molar refractivity (Wildman–Crippen MR) is 76.8 cm³/mol. The van der Waals surface area contributed by atoms with Crippen molar-refractivity contribution in [2.24, 2.45) is 0 Å². The normalized spacial score (nSPS) is 10.1. The van der Waals surface area contributed by atoms with Crippen LogP contribution in [0.4, 0.5) is 4.79 Å². The van der Waals surface area contributed by atoms with E-state index in [1.807, 2.05) is 36.4 Å². The van der Waals surface area contributed by atoms with Gasteiger partial charge in [0.15, 0.2) is 0 Å². The summed E-state index contributed by atoms with van der Waals surface area (Å²) < 4.78 is 0. The van der Waals surface area contributed by atoms with Gasteiger partial charge in [0.2, 0.25) is 0 Å². The van der Waals surface area contributed by atoms with Crippen LogP contribution in [0.1, 0.15) is 12.0 Å². The lowest BCUT2D eigenvalue weighted by atomic mass is 10.1. The van der Waals surface area contributed by atoms with E-state index in [4.69, 9.17) is 5.26 Å². The number of nitriles is 1. The van der Waals surface area contributed by atoms with Gasteiger partial charge in [-0.2, -0.15) is 5.26 Å². The third-order valence-corrected chi connectivity index (χ3v) is 3.07. The summed E-state index contributed by atoms with van der Waals surface area (Å²) in [6.07, 6.45) is 2.05. The number of carbonyl (C=O) groups is 1. The molecule has 1 aromatic carbocycles. The van der Waals surface area contributed by atoms with E-state index in [-0.39, 0.29) is 5.24 Å². The SMILES string of the molecule is N#CCCN(Cc1cnc2ccccc2c1)C(=O)S. The van der Waals surface area contributed by atoms with Crippen molar-refractivity contribution >= 4 is 28.8 Å². The average Bonchev–Trinajstić information content (AvgIpc) is 2.43. The van der Waals surface area contributed by atoms with E-state index in [1.54, 1.807) is 6.20 Å². The fourth-order valence-corrected chi connectivity index (χ4v) is 2.02. The maximum atomic E-state index is 11.4. The Balaban J connectivity index is 2.19. The van der Waals surface area contributed by atoms with Crippen molar-refractivity contribution in [3.05, 3.63) is 42.1 Å². The highest BCUT2D eigenvalue weighted by Gasteiger charge is 2.10. The number of pyridine rings is 1. The van der Waals surface area contributed by atoms with Crippen LogP contribution in [0.3, 0.4) is 0 Å². The van der Waals surface area contributed by atoms with Crippen molar-refractivity contribution in [1.29, 1.82) is 5.26 Å². The summed E-state index contributed by atoms with van der Waals surface area (Å²) in [4.78, 5) is 17.2. The van der Waals surface area contributed by atoms with Crippen molar-refractivity contribution in [3.63, 3.8) is 0 Å². The number of thiol groups is 1. The van der Waals surface area contributed by atoms with Gasteiger partial charge in [-0.3, -0.25) is 9.78 Å². The monoisotopic (exact) mass is 271 g/mol. The number of amides is 1. The molecule has 0 radical (unpaired) electrons. The summed E-state index contributed by atoms with van der Waals surface area (Å²) in [7, 11) is 0. The molecule has 0 atom stereocenters. The summed E-state index contributed by atoms with van der Waals surface area (Å²) in [6, 6.07) is 11.8. The fourth-order valence-electron chi connectivity index (χ4n) is 1.85. The lowest BCUT2D eigenvalue weighted by molar-refractivity contribution is 0.222. The molecule has 96 valence electrons. The molecule has 4 nitrogen and oxygen atoms in total. The van der Waals surface area contributed by atoms with Gasteiger partial charge in [-0.05, 0) is 17.7 Å². The van der Waals surface area contributed by atoms with Crippen LogP contribution >= 0.6 is 12.6 Å². The maximum Gasteiger partial charge on any atom is 0.278 e. The third kappa shape index (κ3) is 3.46. The number of hydrogen-bond donors (Lipinski definition) is 1. The minimum absolute atomic E-state index is 0.299. The summed E-state index contributed by atoms with van der Waals surface area (Å²) in [5.41, 5.74) is 1.85. The van der Waals surface area contributed by atoms with Gasteiger partial charge in [0.05, 0.1) is 18.0 Å². The minimum Gasteiger partial charge on any atom is -0.328 e. The van der Waals surface area contributed by atoms with Crippen LogP contribution in [0.2, 0.25) is 0 Å². The van der Waals surface area contributed by atoms with Crippen molar-refractivity contribution < 1.29 is 4.79 Å². The highest BCUT2D eigenvalue weighted by molar-refractivity contribution is 7.96. The van der Waals surface area contributed by atoms with Crippen LogP contribution < -0.4 is 0 Å². The second kappa shape index (κ2) is 6.21. The van der Waals surface area contributed by atoms with Gasteiger partial charge in [-0.15, -0.1) is 0 Å². The van der Waals surface area contributed by atoms with Crippen LogP contribution in [0.15, 0.2) is 36.5 Å². The molecule has 0 fully saturated rings. The first-order valence-electron chi connectivity index (χ1n) is 5.89. The molecular formula is C14H13N3OS. The topological polar surface area (TPSA) is 57.0 Å². The Morgan fingerprint density at radius 3 is 2.95 bits per heavy atom. The number of hydrogen-bond acceptors (Lipinski definition) is 3. The molecule has 2 aromatic rings. The van der Waals surface area contributed by atoms with Gasteiger partial charge < -0.3 is 4.90 Å². The maximum absolute atomic E-state index is 11.4. The summed E-state index contributed by atoms with van der Waals surface area (Å²) >= 11 is 3.83. The first-order chi connectivity index (χ1) is 9.20. The zero-order valence-corrected chi connectivity index (χ0v) is 11.2. The third-order valence-electron chi connectivity index (χ3n) is 2.78. The molecule has 5 heteroatoms. The van der Waals surface area contributed by atoms with Gasteiger partial charge in [0.25, 0.3) is 5.24 Å².